The van der Waals surface area contributed by atoms with Crippen molar-refractivity contribution in [2.24, 2.45) is 0 Å². The van der Waals surface area contributed by atoms with Crippen molar-refractivity contribution in [2.45, 2.75) is 12.3 Å². The van der Waals surface area contributed by atoms with Crippen molar-refractivity contribution in [3.05, 3.63) is 24.1 Å². The molecule has 19 heavy (non-hydrogen) atoms. The lowest BCUT2D eigenvalue weighted by atomic mass is 10.2. The molecule has 0 bridgehead atoms. The molecule has 0 aliphatic heterocycles. The summed E-state index contributed by atoms with van der Waals surface area (Å²) in [7, 11) is 3.17. The van der Waals surface area contributed by atoms with Gasteiger partial charge in [0, 0.05) is 6.07 Å². The number of rotatable bonds is 5. The summed E-state index contributed by atoms with van der Waals surface area (Å²) >= 11 is 5.86. The molecule has 2 rings (SSSR count). The third kappa shape index (κ3) is 3.08. The second kappa shape index (κ2) is 5.79. The van der Waals surface area contributed by atoms with Gasteiger partial charge in [-0.2, -0.15) is 0 Å². The molecule has 102 valence electrons. The van der Waals surface area contributed by atoms with Crippen molar-refractivity contribution < 1.29 is 13.9 Å². The summed E-state index contributed by atoms with van der Waals surface area (Å²) in [5, 5.41) is 10.3. The number of alkyl halides is 1. The number of halogens is 1. The Morgan fingerprint density at radius 2 is 2.05 bits per heavy atom. The van der Waals surface area contributed by atoms with E-state index in [1.165, 1.54) is 0 Å². The highest BCUT2D eigenvalue weighted by atomic mass is 35.5. The van der Waals surface area contributed by atoms with E-state index in [1.54, 1.807) is 39.3 Å². The molecule has 0 spiro atoms. The number of nitrogens with zero attached hydrogens (tertiary/aromatic N) is 2. The van der Waals surface area contributed by atoms with E-state index in [-0.39, 0.29) is 11.4 Å². The molecule has 1 aromatic carbocycles. The lowest BCUT2D eigenvalue weighted by Crippen LogP contribution is -1.96. The third-order valence-electron chi connectivity index (χ3n) is 2.43. The van der Waals surface area contributed by atoms with E-state index in [4.69, 9.17) is 25.5 Å². The zero-order valence-electron chi connectivity index (χ0n) is 10.8. The van der Waals surface area contributed by atoms with Crippen molar-refractivity contribution in [3.63, 3.8) is 0 Å². The van der Waals surface area contributed by atoms with Crippen LogP contribution in [-0.4, -0.2) is 24.4 Å². The molecule has 2 aromatic rings. The van der Waals surface area contributed by atoms with Crippen molar-refractivity contribution in [2.75, 3.05) is 19.5 Å². The van der Waals surface area contributed by atoms with E-state index < -0.39 is 0 Å². The van der Waals surface area contributed by atoms with Gasteiger partial charge >= 0.3 is 6.01 Å². The minimum atomic E-state index is -0.338. The van der Waals surface area contributed by atoms with E-state index in [0.717, 1.165) is 0 Å². The van der Waals surface area contributed by atoms with Crippen LogP contribution in [0, 0.1) is 0 Å². The highest BCUT2D eigenvalue weighted by Gasteiger charge is 2.13. The molecule has 7 heteroatoms. The number of hydrogen-bond donors (Lipinski definition) is 1. The van der Waals surface area contributed by atoms with E-state index in [1.807, 2.05) is 0 Å². The maximum Gasteiger partial charge on any atom is 0.320 e. The molecule has 1 aromatic heterocycles. The standard InChI is InChI=1S/C12H14ClN3O3/c1-7(13)11-15-16-12(19-11)14-9-6-8(17-2)4-5-10(9)18-3/h4-7H,1-3H3,(H,14,16). The van der Waals surface area contributed by atoms with Crippen molar-refractivity contribution in [1.82, 2.24) is 10.2 Å². The molecule has 6 nitrogen and oxygen atoms in total. The average molecular weight is 284 g/mol. The van der Waals surface area contributed by atoms with Gasteiger partial charge in [-0.15, -0.1) is 16.7 Å². The number of ether oxygens (including phenoxy) is 2. The summed E-state index contributed by atoms with van der Waals surface area (Å²) < 4.78 is 15.7. The summed E-state index contributed by atoms with van der Waals surface area (Å²) in [6, 6.07) is 5.59. The predicted octanol–water partition coefficient (Wildman–Crippen LogP) is 3.13. The molecular formula is C12H14ClN3O3. The first-order chi connectivity index (χ1) is 9.13. The van der Waals surface area contributed by atoms with Gasteiger partial charge in [0.15, 0.2) is 0 Å². The van der Waals surface area contributed by atoms with Gasteiger partial charge in [0.05, 0.1) is 19.9 Å². The molecule has 0 amide bonds. The Morgan fingerprint density at radius 1 is 1.26 bits per heavy atom. The molecule has 1 N–H and O–H groups in total. The van der Waals surface area contributed by atoms with E-state index in [0.29, 0.717) is 23.1 Å². The molecule has 0 aliphatic rings. The van der Waals surface area contributed by atoms with Gasteiger partial charge in [-0.05, 0) is 19.1 Å². The molecular weight excluding hydrogens is 270 g/mol. The molecule has 0 saturated carbocycles. The van der Waals surface area contributed by atoms with Gasteiger partial charge in [-0.25, -0.2) is 0 Å². The second-order valence-corrected chi connectivity index (χ2v) is 4.41. The first-order valence-electron chi connectivity index (χ1n) is 5.60. The number of hydrogen-bond acceptors (Lipinski definition) is 6. The fourth-order valence-corrected chi connectivity index (χ4v) is 1.56. The summed E-state index contributed by atoms with van der Waals surface area (Å²) in [4.78, 5) is 0. The molecule has 0 fully saturated rings. The first kappa shape index (κ1) is 13.5. The van der Waals surface area contributed by atoms with Gasteiger partial charge in [0.25, 0.3) is 0 Å². The maximum atomic E-state index is 5.86. The number of benzene rings is 1. The lowest BCUT2D eigenvalue weighted by Gasteiger charge is -2.09. The normalized spacial score (nSPS) is 12.0. The molecule has 1 unspecified atom stereocenters. The number of aromatic nitrogens is 2. The number of anilines is 2. The number of methoxy groups -OCH3 is 2. The average Bonchev–Trinajstić information content (AvgIpc) is 2.87. The van der Waals surface area contributed by atoms with E-state index >= 15 is 0 Å². The smallest absolute Gasteiger partial charge is 0.320 e. The summed E-state index contributed by atoms with van der Waals surface area (Å²) in [5.41, 5.74) is 0.666. The summed E-state index contributed by atoms with van der Waals surface area (Å²) in [6.07, 6.45) is 0. The Kier molecular flexibility index (Phi) is 4.11. The van der Waals surface area contributed by atoms with Crippen LogP contribution >= 0.6 is 11.6 Å². The SMILES string of the molecule is COc1ccc(OC)c(Nc2nnc(C(C)Cl)o2)c1. The van der Waals surface area contributed by atoms with Crippen LogP contribution in [0.2, 0.25) is 0 Å². The monoisotopic (exact) mass is 283 g/mol. The van der Waals surface area contributed by atoms with Gasteiger partial charge in [-0.1, -0.05) is 5.10 Å². The highest BCUT2D eigenvalue weighted by Crippen LogP contribution is 2.31. The van der Waals surface area contributed by atoms with Gasteiger partial charge in [0.1, 0.15) is 16.9 Å². The predicted molar refractivity (Wildman–Crippen MR) is 71.4 cm³/mol. The maximum absolute atomic E-state index is 5.86. The summed E-state index contributed by atoms with van der Waals surface area (Å²) in [5.74, 6) is 1.68. The molecule has 0 aliphatic carbocycles. The topological polar surface area (TPSA) is 69.4 Å². The fourth-order valence-electron chi connectivity index (χ4n) is 1.47. The molecule has 0 saturated heterocycles. The van der Waals surface area contributed by atoms with Crippen LogP contribution < -0.4 is 14.8 Å². The largest absolute Gasteiger partial charge is 0.497 e. The van der Waals surface area contributed by atoms with Crippen LogP contribution in [0.5, 0.6) is 11.5 Å². The Bertz CT molecular complexity index is 557. The zero-order valence-corrected chi connectivity index (χ0v) is 11.6. The minimum Gasteiger partial charge on any atom is -0.497 e. The fraction of sp³-hybridized carbons (Fsp3) is 0.333. The van der Waals surface area contributed by atoms with Crippen LogP contribution in [0.25, 0.3) is 0 Å². The zero-order chi connectivity index (χ0) is 13.8. The third-order valence-corrected chi connectivity index (χ3v) is 2.62. The van der Waals surface area contributed by atoms with Crippen LogP contribution in [-0.2, 0) is 0 Å². The Morgan fingerprint density at radius 3 is 2.63 bits per heavy atom. The first-order valence-corrected chi connectivity index (χ1v) is 6.04. The number of nitrogens with one attached hydrogen (secondary N) is 1. The second-order valence-electron chi connectivity index (χ2n) is 3.75. The minimum absolute atomic E-state index is 0.244. The van der Waals surface area contributed by atoms with Crippen LogP contribution in [0.1, 0.15) is 18.2 Å². The van der Waals surface area contributed by atoms with Gasteiger partial charge in [-0.3, -0.25) is 0 Å². The summed E-state index contributed by atoms with van der Waals surface area (Å²) in [6.45, 7) is 1.75. The van der Waals surface area contributed by atoms with E-state index in [2.05, 4.69) is 15.5 Å². The lowest BCUT2D eigenvalue weighted by molar-refractivity contribution is 0.404. The van der Waals surface area contributed by atoms with Crippen molar-refractivity contribution >= 4 is 23.3 Å². The Hall–Kier alpha value is -1.95. The van der Waals surface area contributed by atoms with Gasteiger partial charge < -0.3 is 19.2 Å². The van der Waals surface area contributed by atoms with Crippen molar-refractivity contribution in [3.8, 4) is 11.5 Å². The molecule has 1 atom stereocenters. The Balaban J connectivity index is 2.25. The van der Waals surface area contributed by atoms with Crippen LogP contribution in [0.15, 0.2) is 22.6 Å². The quantitative estimate of drug-likeness (QED) is 0.850. The van der Waals surface area contributed by atoms with E-state index in [9.17, 15) is 0 Å². The Labute approximate surface area is 115 Å². The van der Waals surface area contributed by atoms with Crippen LogP contribution in [0.4, 0.5) is 11.7 Å². The van der Waals surface area contributed by atoms with Crippen LogP contribution in [0.3, 0.4) is 0 Å². The molecule has 1 heterocycles. The van der Waals surface area contributed by atoms with Gasteiger partial charge in [0.2, 0.25) is 5.89 Å². The van der Waals surface area contributed by atoms with Crippen molar-refractivity contribution in [1.29, 1.82) is 0 Å². The highest BCUT2D eigenvalue weighted by molar-refractivity contribution is 6.20. The molecule has 0 radical (unpaired) electrons.